The molecule has 0 unspecified atom stereocenters. The van der Waals surface area contributed by atoms with Crippen LogP contribution in [0.3, 0.4) is 0 Å². The second kappa shape index (κ2) is 6.05. The van der Waals surface area contributed by atoms with Gasteiger partial charge in [0.25, 0.3) is 5.91 Å². The summed E-state index contributed by atoms with van der Waals surface area (Å²) in [6, 6.07) is 3.97. The Hall–Kier alpha value is -2.41. The van der Waals surface area contributed by atoms with Crippen molar-refractivity contribution in [1.82, 2.24) is 15.3 Å². The van der Waals surface area contributed by atoms with Gasteiger partial charge >= 0.3 is 0 Å². The number of amides is 3. The fourth-order valence-corrected chi connectivity index (χ4v) is 4.75. The van der Waals surface area contributed by atoms with Crippen LogP contribution in [0.25, 0.3) is 0 Å². The standard InChI is InChI=1S/C20H23N3O4/c24-15-2-1-3-16(25)23(15)22-12-14-5-4-13-6-7-20(8-10-21-11-9-20)27-18(13)17(14)19(22)26/h4-5,21H,1-3,6-12H2. The number of nitrogens with zero attached hydrogens (tertiary/aromatic N) is 2. The normalized spacial score (nSPS) is 24.1. The Morgan fingerprint density at radius 1 is 0.926 bits per heavy atom. The van der Waals surface area contributed by atoms with Crippen LogP contribution < -0.4 is 10.1 Å². The van der Waals surface area contributed by atoms with E-state index in [1.54, 1.807) is 0 Å². The Labute approximate surface area is 157 Å². The molecule has 0 saturated carbocycles. The van der Waals surface area contributed by atoms with Crippen LogP contribution in [0.1, 0.15) is 60.0 Å². The Bertz CT molecular complexity index is 828. The van der Waals surface area contributed by atoms with Crippen LogP contribution in [0.5, 0.6) is 5.75 Å². The van der Waals surface area contributed by atoms with Crippen LogP contribution in [0.15, 0.2) is 12.1 Å². The number of carbonyl (C=O) groups is 3. The Morgan fingerprint density at radius 2 is 1.63 bits per heavy atom. The van der Waals surface area contributed by atoms with Gasteiger partial charge in [-0.3, -0.25) is 14.4 Å². The Morgan fingerprint density at radius 3 is 2.37 bits per heavy atom. The van der Waals surface area contributed by atoms with Crippen molar-refractivity contribution in [2.75, 3.05) is 13.1 Å². The summed E-state index contributed by atoms with van der Waals surface area (Å²) in [6.07, 6.45) is 4.86. The third-order valence-corrected chi connectivity index (χ3v) is 6.27. The van der Waals surface area contributed by atoms with Crippen molar-refractivity contribution in [3.8, 4) is 5.75 Å². The molecule has 1 N–H and O–H groups in total. The van der Waals surface area contributed by atoms with Crippen LogP contribution in [0, 0.1) is 0 Å². The van der Waals surface area contributed by atoms with E-state index >= 15 is 0 Å². The number of nitrogens with one attached hydrogen (secondary N) is 1. The van der Waals surface area contributed by atoms with Gasteiger partial charge in [0.2, 0.25) is 11.8 Å². The first-order valence-corrected chi connectivity index (χ1v) is 9.80. The molecular weight excluding hydrogens is 346 g/mol. The van der Waals surface area contributed by atoms with Crippen molar-refractivity contribution in [2.24, 2.45) is 0 Å². The summed E-state index contributed by atoms with van der Waals surface area (Å²) >= 11 is 0. The zero-order valence-electron chi connectivity index (χ0n) is 15.3. The molecule has 1 aromatic carbocycles. The third-order valence-electron chi connectivity index (χ3n) is 6.27. The van der Waals surface area contributed by atoms with E-state index < -0.39 is 0 Å². The number of piperidine rings is 2. The smallest absolute Gasteiger partial charge is 0.277 e. The third kappa shape index (κ3) is 2.56. The van der Waals surface area contributed by atoms with Gasteiger partial charge in [0.15, 0.2) is 0 Å². The monoisotopic (exact) mass is 369 g/mol. The van der Waals surface area contributed by atoms with E-state index in [1.165, 1.54) is 5.01 Å². The van der Waals surface area contributed by atoms with Gasteiger partial charge < -0.3 is 10.1 Å². The number of ether oxygens (including phenoxy) is 1. The van der Waals surface area contributed by atoms with E-state index in [2.05, 4.69) is 5.32 Å². The molecular formula is C20H23N3O4. The SMILES string of the molecule is O=C1c2c(ccc3c2OC2(CCNCC2)CC3)CN1N1C(=O)CCCC1=O. The van der Waals surface area contributed by atoms with Crippen LogP contribution in [0.2, 0.25) is 0 Å². The zero-order chi connectivity index (χ0) is 18.6. The summed E-state index contributed by atoms with van der Waals surface area (Å²) < 4.78 is 6.49. The van der Waals surface area contributed by atoms with E-state index in [0.717, 1.165) is 54.9 Å². The average molecular weight is 369 g/mol. The lowest BCUT2D eigenvalue weighted by Gasteiger charge is -2.42. The molecule has 27 heavy (non-hydrogen) atoms. The van der Waals surface area contributed by atoms with Crippen LogP contribution in [-0.4, -0.2) is 46.4 Å². The predicted molar refractivity (Wildman–Crippen MR) is 95.8 cm³/mol. The first-order valence-electron chi connectivity index (χ1n) is 9.80. The lowest BCUT2D eigenvalue weighted by Crippen LogP contribution is -2.52. The minimum atomic E-state index is -0.295. The fourth-order valence-electron chi connectivity index (χ4n) is 4.75. The highest BCUT2D eigenvalue weighted by Gasteiger charge is 2.44. The maximum Gasteiger partial charge on any atom is 0.277 e. The summed E-state index contributed by atoms with van der Waals surface area (Å²) in [5.74, 6) is -0.212. The van der Waals surface area contributed by atoms with Crippen LogP contribution in [0.4, 0.5) is 0 Å². The van der Waals surface area contributed by atoms with Gasteiger partial charge in [-0.25, -0.2) is 5.01 Å². The van der Waals surface area contributed by atoms with Crippen molar-refractivity contribution in [3.05, 3.63) is 28.8 Å². The van der Waals surface area contributed by atoms with Crippen molar-refractivity contribution in [1.29, 1.82) is 0 Å². The minimum absolute atomic E-state index is 0.210. The maximum atomic E-state index is 13.2. The number of fused-ring (bicyclic) bond motifs is 3. The molecule has 5 rings (SSSR count). The topological polar surface area (TPSA) is 79.0 Å². The number of hydrogen-bond acceptors (Lipinski definition) is 5. The Balaban J connectivity index is 1.50. The number of imide groups is 1. The summed E-state index contributed by atoms with van der Waals surface area (Å²) in [4.78, 5) is 37.8. The highest BCUT2D eigenvalue weighted by atomic mass is 16.5. The number of hydrazine groups is 1. The lowest BCUT2D eigenvalue weighted by molar-refractivity contribution is -0.163. The second-order valence-corrected chi connectivity index (χ2v) is 7.94. The van der Waals surface area contributed by atoms with E-state index in [9.17, 15) is 14.4 Å². The fraction of sp³-hybridized carbons (Fsp3) is 0.550. The van der Waals surface area contributed by atoms with Crippen molar-refractivity contribution >= 4 is 17.7 Å². The first-order chi connectivity index (χ1) is 13.1. The lowest BCUT2D eigenvalue weighted by atomic mass is 9.83. The van der Waals surface area contributed by atoms with Crippen LogP contribution in [-0.2, 0) is 22.6 Å². The van der Waals surface area contributed by atoms with E-state index in [4.69, 9.17) is 4.74 Å². The molecule has 0 bridgehead atoms. The number of aryl methyl sites for hydroxylation is 1. The molecule has 1 aromatic rings. The molecule has 2 fully saturated rings. The summed E-state index contributed by atoms with van der Waals surface area (Å²) in [7, 11) is 0. The van der Waals surface area contributed by atoms with E-state index in [-0.39, 0.29) is 29.9 Å². The molecule has 2 saturated heterocycles. The number of hydrogen-bond donors (Lipinski definition) is 1. The van der Waals surface area contributed by atoms with Gasteiger partial charge in [0.05, 0.1) is 12.1 Å². The molecule has 3 amide bonds. The van der Waals surface area contributed by atoms with Crippen molar-refractivity contribution < 1.29 is 19.1 Å². The van der Waals surface area contributed by atoms with Gasteiger partial charge in [-0.2, -0.15) is 5.01 Å². The molecule has 4 aliphatic rings. The largest absolute Gasteiger partial charge is 0.486 e. The predicted octanol–water partition coefficient (Wildman–Crippen LogP) is 1.54. The number of carbonyl (C=O) groups excluding carboxylic acids is 3. The highest BCUT2D eigenvalue weighted by Crippen LogP contribution is 2.44. The van der Waals surface area contributed by atoms with Gasteiger partial charge in [-0.05, 0) is 56.3 Å². The Kier molecular flexibility index (Phi) is 3.75. The van der Waals surface area contributed by atoms with Gasteiger partial charge in [0, 0.05) is 12.8 Å². The molecule has 7 heteroatoms. The molecule has 4 heterocycles. The molecule has 0 atom stereocenters. The summed E-state index contributed by atoms with van der Waals surface area (Å²) in [5.41, 5.74) is 2.20. The minimum Gasteiger partial charge on any atom is -0.486 e. The first kappa shape index (κ1) is 16.7. The molecule has 0 radical (unpaired) electrons. The quantitative estimate of drug-likeness (QED) is 0.760. The van der Waals surface area contributed by atoms with E-state index in [0.29, 0.717) is 30.6 Å². The zero-order valence-corrected chi connectivity index (χ0v) is 15.3. The molecule has 142 valence electrons. The second-order valence-electron chi connectivity index (χ2n) is 7.94. The molecule has 4 aliphatic heterocycles. The number of benzene rings is 1. The van der Waals surface area contributed by atoms with Crippen molar-refractivity contribution in [2.45, 2.75) is 57.1 Å². The summed E-state index contributed by atoms with van der Waals surface area (Å²) in [6.45, 7) is 2.08. The van der Waals surface area contributed by atoms with E-state index in [1.807, 2.05) is 12.1 Å². The van der Waals surface area contributed by atoms with Gasteiger partial charge in [0.1, 0.15) is 11.4 Å². The maximum absolute atomic E-state index is 13.2. The summed E-state index contributed by atoms with van der Waals surface area (Å²) in [5, 5.41) is 5.73. The molecule has 1 spiro atoms. The average Bonchev–Trinajstić information content (AvgIpc) is 2.99. The highest BCUT2D eigenvalue weighted by molar-refractivity contribution is 6.06. The molecule has 0 aromatic heterocycles. The molecule has 0 aliphatic carbocycles. The van der Waals surface area contributed by atoms with Crippen LogP contribution >= 0.6 is 0 Å². The van der Waals surface area contributed by atoms with Gasteiger partial charge in [-0.15, -0.1) is 0 Å². The van der Waals surface area contributed by atoms with Gasteiger partial charge in [-0.1, -0.05) is 12.1 Å². The number of rotatable bonds is 1. The molecule has 7 nitrogen and oxygen atoms in total. The van der Waals surface area contributed by atoms with Crippen molar-refractivity contribution in [3.63, 3.8) is 0 Å².